The van der Waals surface area contributed by atoms with Crippen LogP contribution in [0.4, 0.5) is 11.6 Å². The molecule has 0 fully saturated rings. The molecule has 0 spiro atoms. The second kappa shape index (κ2) is 7.42. The van der Waals surface area contributed by atoms with Crippen molar-refractivity contribution in [1.82, 2.24) is 9.97 Å². The molecule has 22 heavy (non-hydrogen) atoms. The summed E-state index contributed by atoms with van der Waals surface area (Å²) in [7, 11) is 0. The van der Waals surface area contributed by atoms with Crippen LogP contribution < -0.4 is 10.6 Å². The Kier molecular flexibility index (Phi) is 5.57. The van der Waals surface area contributed by atoms with Gasteiger partial charge in [0.05, 0.1) is 0 Å². The van der Waals surface area contributed by atoms with E-state index in [1.807, 2.05) is 6.92 Å². The highest BCUT2D eigenvalue weighted by Crippen LogP contribution is 2.22. The van der Waals surface area contributed by atoms with E-state index >= 15 is 0 Å². The van der Waals surface area contributed by atoms with Crippen molar-refractivity contribution in [2.75, 3.05) is 10.6 Å². The normalized spacial score (nSPS) is 11.8. The average Bonchev–Trinajstić information content (AvgIpc) is 2.46. The zero-order valence-electron chi connectivity index (χ0n) is 12.2. The predicted molar refractivity (Wildman–Crippen MR) is 89.8 cm³/mol. The monoisotopic (exact) mass is 338 g/mol. The zero-order chi connectivity index (χ0) is 16.1. The molecule has 2 rings (SSSR count). The van der Waals surface area contributed by atoms with Crippen LogP contribution in [0.3, 0.4) is 0 Å². The van der Waals surface area contributed by atoms with Crippen molar-refractivity contribution >= 4 is 40.7 Å². The Morgan fingerprint density at radius 2 is 1.95 bits per heavy atom. The molecule has 1 unspecified atom stereocenters. The number of aromatic nitrogens is 2. The number of hydrogen-bond donors (Lipinski definition) is 2. The van der Waals surface area contributed by atoms with Crippen LogP contribution in [-0.4, -0.2) is 21.9 Å². The molecule has 116 valence electrons. The number of amides is 1. The van der Waals surface area contributed by atoms with Crippen LogP contribution in [0.5, 0.6) is 0 Å². The van der Waals surface area contributed by atoms with E-state index in [9.17, 15) is 4.79 Å². The number of anilines is 2. The fraction of sp³-hybridized carbons (Fsp3) is 0.267. The summed E-state index contributed by atoms with van der Waals surface area (Å²) in [5.41, 5.74) is 0.773. The van der Waals surface area contributed by atoms with E-state index in [4.69, 9.17) is 23.2 Å². The Hall–Kier alpha value is -1.85. The summed E-state index contributed by atoms with van der Waals surface area (Å²) in [6, 6.07) is 6.60. The summed E-state index contributed by atoms with van der Waals surface area (Å²) < 4.78 is 0. The van der Waals surface area contributed by atoms with Gasteiger partial charge in [-0.1, -0.05) is 30.1 Å². The average molecular weight is 339 g/mol. The highest BCUT2D eigenvalue weighted by molar-refractivity contribution is 6.35. The van der Waals surface area contributed by atoms with Gasteiger partial charge >= 0.3 is 0 Å². The zero-order valence-corrected chi connectivity index (χ0v) is 13.7. The van der Waals surface area contributed by atoms with Gasteiger partial charge in [-0.15, -0.1) is 0 Å². The Labute approximate surface area is 139 Å². The third-order valence-corrected chi connectivity index (χ3v) is 3.43. The van der Waals surface area contributed by atoms with Crippen molar-refractivity contribution in [1.29, 1.82) is 0 Å². The molecule has 1 aromatic heterocycles. The molecule has 0 saturated carbocycles. The molecule has 1 amide bonds. The number of rotatable bonds is 5. The van der Waals surface area contributed by atoms with Gasteiger partial charge in [-0.3, -0.25) is 4.79 Å². The summed E-state index contributed by atoms with van der Waals surface area (Å²) in [4.78, 5) is 20.5. The minimum Gasteiger partial charge on any atom is -0.352 e. The molecule has 1 aromatic carbocycles. The summed E-state index contributed by atoms with van der Waals surface area (Å²) in [5.74, 6) is 0.0686. The number of benzene rings is 1. The number of carbonyl (C=O) groups is 1. The third kappa shape index (κ3) is 4.58. The first-order chi connectivity index (χ1) is 10.5. The van der Waals surface area contributed by atoms with Crippen molar-refractivity contribution in [3.8, 4) is 0 Å². The standard InChI is InChI=1S/C15H16Cl2N4O/c1-3-9(2)19-15-18-5-4-13(21-15)14(22)20-12-7-10(16)6-11(17)8-12/h4-9H,3H2,1-2H3,(H,20,22)(H,18,19,21). The van der Waals surface area contributed by atoms with Gasteiger partial charge in [-0.2, -0.15) is 0 Å². The topological polar surface area (TPSA) is 66.9 Å². The SMILES string of the molecule is CCC(C)Nc1nccc(C(=O)Nc2cc(Cl)cc(Cl)c2)n1. The number of carbonyl (C=O) groups excluding carboxylic acids is 1. The molecule has 0 aliphatic heterocycles. The van der Waals surface area contributed by atoms with Gasteiger partial charge in [0.25, 0.3) is 5.91 Å². The van der Waals surface area contributed by atoms with Crippen LogP contribution in [0.15, 0.2) is 30.5 Å². The van der Waals surface area contributed by atoms with Crippen LogP contribution in [0.2, 0.25) is 10.0 Å². The first kappa shape index (κ1) is 16.5. The van der Waals surface area contributed by atoms with Crippen LogP contribution >= 0.6 is 23.2 Å². The highest BCUT2D eigenvalue weighted by Gasteiger charge is 2.11. The maximum atomic E-state index is 12.2. The van der Waals surface area contributed by atoms with Crippen LogP contribution in [-0.2, 0) is 0 Å². The molecular weight excluding hydrogens is 323 g/mol. The van der Waals surface area contributed by atoms with E-state index in [1.165, 1.54) is 6.20 Å². The summed E-state index contributed by atoms with van der Waals surface area (Å²) in [6.45, 7) is 4.07. The second-order valence-corrected chi connectivity index (χ2v) is 5.70. The Balaban J connectivity index is 2.13. The number of hydrogen-bond acceptors (Lipinski definition) is 4. The lowest BCUT2D eigenvalue weighted by molar-refractivity contribution is 0.102. The number of nitrogens with zero attached hydrogens (tertiary/aromatic N) is 2. The van der Waals surface area contributed by atoms with Gasteiger partial charge in [-0.25, -0.2) is 9.97 Å². The van der Waals surface area contributed by atoms with E-state index in [0.29, 0.717) is 21.7 Å². The highest BCUT2D eigenvalue weighted by atomic mass is 35.5. The van der Waals surface area contributed by atoms with Crippen LogP contribution in [0.25, 0.3) is 0 Å². The molecule has 0 aliphatic carbocycles. The van der Waals surface area contributed by atoms with E-state index < -0.39 is 0 Å². The summed E-state index contributed by atoms with van der Waals surface area (Å²) in [6.07, 6.45) is 2.47. The fourth-order valence-corrected chi connectivity index (χ4v) is 2.22. The van der Waals surface area contributed by atoms with Gasteiger partial charge in [0, 0.05) is 28.0 Å². The van der Waals surface area contributed by atoms with Crippen LogP contribution in [0.1, 0.15) is 30.8 Å². The fourth-order valence-electron chi connectivity index (χ4n) is 1.70. The predicted octanol–water partition coefficient (Wildman–Crippen LogP) is 4.25. The molecular formula is C15H16Cl2N4O. The third-order valence-electron chi connectivity index (χ3n) is 3.00. The minimum absolute atomic E-state index is 0.227. The molecule has 0 saturated heterocycles. The lowest BCUT2D eigenvalue weighted by atomic mass is 10.3. The van der Waals surface area contributed by atoms with Crippen molar-refractivity contribution in [3.63, 3.8) is 0 Å². The second-order valence-electron chi connectivity index (χ2n) is 4.83. The largest absolute Gasteiger partial charge is 0.352 e. The van der Waals surface area contributed by atoms with Gasteiger partial charge in [0.15, 0.2) is 0 Å². The lowest BCUT2D eigenvalue weighted by Gasteiger charge is -2.11. The van der Waals surface area contributed by atoms with E-state index in [1.54, 1.807) is 24.3 Å². The molecule has 0 bridgehead atoms. The first-order valence-electron chi connectivity index (χ1n) is 6.85. The van der Waals surface area contributed by atoms with Gasteiger partial charge in [0.2, 0.25) is 5.95 Å². The molecule has 1 atom stereocenters. The van der Waals surface area contributed by atoms with Gasteiger partial charge < -0.3 is 10.6 Å². The lowest BCUT2D eigenvalue weighted by Crippen LogP contribution is -2.19. The minimum atomic E-state index is -0.354. The maximum Gasteiger partial charge on any atom is 0.274 e. The van der Waals surface area contributed by atoms with Gasteiger partial charge in [-0.05, 0) is 37.6 Å². The smallest absolute Gasteiger partial charge is 0.274 e. The van der Waals surface area contributed by atoms with Crippen LogP contribution in [0, 0.1) is 0 Å². The Morgan fingerprint density at radius 3 is 2.59 bits per heavy atom. The molecule has 7 heteroatoms. The maximum absolute atomic E-state index is 12.2. The van der Waals surface area contributed by atoms with E-state index in [0.717, 1.165) is 6.42 Å². The summed E-state index contributed by atoms with van der Waals surface area (Å²) >= 11 is 11.8. The molecule has 1 heterocycles. The van der Waals surface area contributed by atoms with Gasteiger partial charge in [0.1, 0.15) is 5.69 Å². The molecule has 5 nitrogen and oxygen atoms in total. The Bertz CT molecular complexity index is 658. The number of halogens is 2. The van der Waals surface area contributed by atoms with Crippen molar-refractivity contribution < 1.29 is 4.79 Å². The van der Waals surface area contributed by atoms with E-state index in [-0.39, 0.29) is 17.6 Å². The van der Waals surface area contributed by atoms with Crippen molar-refractivity contribution in [2.45, 2.75) is 26.3 Å². The first-order valence-corrected chi connectivity index (χ1v) is 7.60. The quantitative estimate of drug-likeness (QED) is 0.855. The molecule has 0 aliphatic rings. The molecule has 2 N–H and O–H groups in total. The van der Waals surface area contributed by atoms with Crippen molar-refractivity contribution in [2.24, 2.45) is 0 Å². The molecule has 0 radical (unpaired) electrons. The Morgan fingerprint density at radius 1 is 1.27 bits per heavy atom. The van der Waals surface area contributed by atoms with E-state index in [2.05, 4.69) is 27.5 Å². The van der Waals surface area contributed by atoms with Crippen molar-refractivity contribution in [3.05, 3.63) is 46.2 Å². The number of nitrogens with one attached hydrogen (secondary N) is 2. The molecule has 2 aromatic rings. The summed E-state index contributed by atoms with van der Waals surface area (Å²) in [5, 5.41) is 6.73.